The van der Waals surface area contributed by atoms with Gasteiger partial charge in [0.05, 0.1) is 0 Å². The van der Waals surface area contributed by atoms with Gasteiger partial charge >= 0.3 is 12.1 Å². The van der Waals surface area contributed by atoms with E-state index in [0.717, 1.165) is 19.3 Å². The Labute approximate surface area is 108 Å². The summed E-state index contributed by atoms with van der Waals surface area (Å²) in [5.41, 5.74) is -0.578. The lowest BCUT2D eigenvalue weighted by molar-refractivity contribution is -0.140. The minimum absolute atomic E-state index is 0.0398. The zero-order valence-corrected chi connectivity index (χ0v) is 11.6. The van der Waals surface area contributed by atoms with Crippen LogP contribution in [0.3, 0.4) is 0 Å². The van der Waals surface area contributed by atoms with Gasteiger partial charge < -0.3 is 15.2 Å². The van der Waals surface area contributed by atoms with E-state index in [1.807, 2.05) is 0 Å². The zero-order chi connectivity index (χ0) is 14.0. The van der Waals surface area contributed by atoms with Crippen molar-refractivity contribution in [2.24, 2.45) is 5.41 Å². The molecular weight excluding hydrogens is 234 g/mol. The van der Waals surface area contributed by atoms with Crippen molar-refractivity contribution in [3.8, 4) is 0 Å². The standard InChI is InChI=1S/C13H23NO4/c1-12(2,3)18-11(17)14-9(10(15)16)8-13(4)6-5-7-13/h9H,5-8H2,1-4H3,(H,14,17)(H,15,16)/t9-/m1/s1. The zero-order valence-electron chi connectivity index (χ0n) is 11.6. The van der Waals surface area contributed by atoms with Gasteiger partial charge in [0.25, 0.3) is 0 Å². The van der Waals surface area contributed by atoms with Gasteiger partial charge in [-0.05, 0) is 45.4 Å². The van der Waals surface area contributed by atoms with Gasteiger partial charge in [0, 0.05) is 0 Å². The number of rotatable bonds is 4. The summed E-state index contributed by atoms with van der Waals surface area (Å²) >= 11 is 0. The van der Waals surface area contributed by atoms with Crippen molar-refractivity contribution in [3.05, 3.63) is 0 Å². The molecule has 0 heterocycles. The Morgan fingerprint density at radius 2 is 1.94 bits per heavy atom. The maximum atomic E-state index is 11.6. The molecule has 5 nitrogen and oxygen atoms in total. The van der Waals surface area contributed by atoms with E-state index in [1.54, 1.807) is 20.8 Å². The van der Waals surface area contributed by atoms with Crippen LogP contribution in [0.5, 0.6) is 0 Å². The van der Waals surface area contributed by atoms with Crippen LogP contribution in [0.2, 0.25) is 0 Å². The summed E-state index contributed by atoms with van der Waals surface area (Å²) in [5, 5.41) is 11.6. The van der Waals surface area contributed by atoms with Crippen LogP contribution in [0.1, 0.15) is 53.4 Å². The summed E-state index contributed by atoms with van der Waals surface area (Å²) in [4.78, 5) is 22.7. The molecule has 5 heteroatoms. The second-order valence-corrected chi connectivity index (χ2v) is 6.41. The van der Waals surface area contributed by atoms with E-state index in [4.69, 9.17) is 9.84 Å². The molecule has 1 saturated carbocycles. The smallest absolute Gasteiger partial charge is 0.408 e. The highest BCUT2D eigenvalue weighted by Crippen LogP contribution is 2.44. The molecule has 0 aromatic heterocycles. The Morgan fingerprint density at radius 3 is 2.28 bits per heavy atom. The number of hydrogen-bond donors (Lipinski definition) is 2. The third kappa shape index (κ3) is 4.55. The fraction of sp³-hybridized carbons (Fsp3) is 0.846. The maximum Gasteiger partial charge on any atom is 0.408 e. The Morgan fingerprint density at radius 1 is 1.39 bits per heavy atom. The van der Waals surface area contributed by atoms with Gasteiger partial charge in [-0.1, -0.05) is 13.3 Å². The number of carbonyl (C=O) groups is 2. The SMILES string of the molecule is CC1(C[C@@H](NC(=O)OC(C)(C)C)C(=O)O)CCC1. The lowest BCUT2D eigenvalue weighted by Crippen LogP contribution is -2.47. The molecule has 0 bridgehead atoms. The normalized spacial score (nSPS) is 19.6. The van der Waals surface area contributed by atoms with Crippen molar-refractivity contribution in [3.63, 3.8) is 0 Å². The second kappa shape index (κ2) is 5.16. The van der Waals surface area contributed by atoms with Crippen molar-refractivity contribution in [1.82, 2.24) is 5.32 Å². The van der Waals surface area contributed by atoms with Crippen molar-refractivity contribution >= 4 is 12.1 Å². The summed E-state index contributed by atoms with van der Waals surface area (Å²) in [6.45, 7) is 7.30. The largest absolute Gasteiger partial charge is 0.480 e. The molecule has 2 N–H and O–H groups in total. The monoisotopic (exact) mass is 257 g/mol. The fourth-order valence-corrected chi connectivity index (χ4v) is 2.13. The maximum absolute atomic E-state index is 11.6. The van der Waals surface area contributed by atoms with Crippen LogP contribution >= 0.6 is 0 Å². The molecule has 104 valence electrons. The molecule has 1 fully saturated rings. The van der Waals surface area contributed by atoms with E-state index in [-0.39, 0.29) is 5.41 Å². The van der Waals surface area contributed by atoms with Crippen LogP contribution < -0.4 is 5.32 Å². The highest BCUT2D eigenvalue weighted by atomic mass is 16.6. The number of alkyl carbamates (subject to hydrolysis) is 1. The van der Waals surface area contributed by atoms with Crippen LogP contribution in [-0.2, 0) is 9.53 Å². The van der Waals surface area contributed by atoms with Crippen LogP contribution in [-0.4, -0.2) is 28.8 Å². The lowest BCUT2D eigenvalue weighted by atomic mass is 9.67. The topological polar surface area (TPSA) is 75.6 Å². The summed E-state index contributed by atoms with van der Waals surface area (Å²) in [5.74, 6) is -1.01. The molecule has 1 amide bonds. The van der Waals surface area contributed by atoms with Crippen molar-refractivity contribution in [2.75, 3.05) is 0 Å². The van der Waals surface area contributed by atoms with E-state index in [2.05, 4.69) is 12.2 Å². The van der Waals surface area contributed by atoms with Gasteiger partial charge in [-0.25, -0.2) is 9.59 Å². The van der Waals surface area contributed by atoms with Crippen LogP contribution in [0.15, 0.2) is 0 Å². The quantitative estimate of drug-likeness (QED) is 0.811. The van der Waals surface area contributed by atoms with E-state index in [9.17, 15) is 9.59 Å². The average molecular weight is 257 g/mol. The molecule has 0 saturated heterocycles. The highest BCUT2D eigenvalue weighted by Gasteiger charge is 2.37. The van der Waals surface area contributed by atoms with Crippen molar-refractivity contribution in [1.29, 1.82) is 0 Å². The third-order valence-corrected chi connectivity index (χ3v) is 3.25. The van der Waals surface area contributed by atoms with Crippen molar-refractivity contribution < 1.29 is 19.4 Å². The average Bonchev–Trinajstić information content (AvgIpc) is 2.10. The first-order valence-corrected chi connectivity index (χ1v) is 6.34. The molecule has 1 rings (SSSR count). The summed E-state index contributed by atoms with van der Waals surface area (Å²) < 4.78 is 5.07. The molecule has 0 aliphatic heterocycles. The Kier molecular flexibility index (Phi) is 4.24. The minimum Gasteiger partial charge on any atom is -0.480 e. The predicted octanol–water partition coefficient (Wildman–Crippen LogP) is 2.54. The third-order valence-electron chi connectivity index (χ3n) is 3.25. The molecule has 1 aliphatic carbocycles. The highest BCUT2D eigenvalue weighted by molar-refractivity contribution is 5.80. The minimum atomic E-state index is -1.01. The number of carboxylic acid groups (broad SMARTS) is 1. The molecule has 0 radical (unpaired) electrons. The first-order valence-electron chi connectivity index (χ1n) is 6.34. The molecule has 0 aromatic rings. The number of aliphatic carboxylic acids is 1. The van der Waals surface area contributed by atoms with E-state index in [1.165, 1.54) is 0 Å². The van der Waals surface area contributed by atoms with E-state index in [0.29, 0.717) is 6.42 Å². The number of hydrogen-bond acceptors (Lipinski definition) is 3. The Bertz CT molecular complexity index is 328. The van der Waals surface area contributed by atoms with Crippen LogP contribution in [0, 0.1) is 5.41 Å². The molecule has 18 heavy (non-hydrogen) atoms. The molecule has 0 unspecified atom stereocenters. The summed E-state index contributed by atoms with van der Waals surface area (Å²) in [6, 6.07) is -0.870. The Balaban J connectivity index is 2.53. The number of amides is 1. The molecule has 1 aliphatic rings. The van der Waals surface area contributed by atoms with E-state index < -0.39 is 23.7 Å². The Hall–Kier alpha value is -1.26. The van der Waals surface area contributed by atoms with Crippen molar-refractivity contribution in [2.45, 2.75) is 65.0 Å². The van der Waals surface area contributed by atoms with E-state index >= 15 is 0 Å². The van der Waals surface area contributed by atoms with Gasteiger partial charge in [-0.15, -0.1) is 0 Å². The molecular formula is C13H23NO4. The first-order chi connectivity index (χ1) is 8.11. The second-order valence-electron chi connectivity index (χ2n) is 6.41. The summed E-state index contributed by atoms with van der Waals surface area (Å²) in [6.07, 6.45) is 2.97. The van der Waals surface area contributed by atoms with Gasteiger partial charge in [-0.3, -0.25) is 0 Å². The summed E-state index contributed by atoms with van der Waals surface area (Å²) in [7, 11) is 0. The van der Waals surface area contributed by atoms with Gasteiger partial charge in [-0.2, -0.15) is 0 Å². The number of ether oxygens (including phenoxy) is 1. The van der Waals surface area contributed by atoms with Gasteiger partial charge in [0.2, 0.25) is 0 Å². The van der Waals surface area contributed by atoms with Gasteiger partial charge in [0.1, 0.15) is 11.6 Å². The first kappa shape index (κ1) is 14.8. The van der Waals surface area contributed by atoms with Crippen LogP contribution in [0.25, 0.3) is 0 Å². The number of carboxylic acids is 1. The predicted molar refractivity (Wildman–Crippen MR) is 67.4 cm³/mol. The lowest BCUT2D eigenvalue weighted by Gasteiger charge is -2.40. The molecule has 0 aromatic carbocycles. The molecule has 0 spiro atoms. The number of carbonyl (C=O) groups excluding carboxylic acids is 1. The number of nitrogens with one attached hydrogen (secondary N) is 1. The van der Waals surface area contributed by atoms with Crippen LogP contribution in [0.4, 0.5) is 4.79 Å². The fourth-order valence-electron chi connectivity index (χ4n) is 2.13. The molecule has 1 atom stereocenters. The van der Waals surface area contributed by atoms with Gasteiger partial charge in [0.15, 0.2) is 0 Å².